The summed E-state index contributed by atoms with van der Waals surface area (Å²) in [5.74, 6) is 0.359. The van der Waals surface area contributed by atoms with Gasteiger partial charge in [0.15, 0.2) is 0 Å². The lowest BCUT2D eigenvalue weighted by atomic mass is 9.97. The third-order valence-electron chi connectivity index (χ3n) is 3.71. The fraction of sp³-hybridized carbons (Fsp3) is 0.316. The van der Waals surface area contributed by atoms with Crippen LogP contribution in [0, 0.1) is 0 Å². The molecule has 22 heavy (non-hydrogen) atoms. The molecule has 1 saturated heterocycles. The van der Waals surface area contributed by atoms with Crippen molar-refractivity contribution in [2.24, 2.45) is 0 Å². The molecule has 2 aromatic rings. The molecule has 1 aliphatic rings. The van der Waals surface area contributed by atoms with Gasteiger partial charge in [-0.3, -0.25) is 0 Å². The Labute approximate surface area is 133 Å². The Morgan fingerprint density at radius 2 is 1.59 bits per heavy atom. The largest absolute Gasteiger partial charge is 0.337 e. The fourth-order valence-electron chi connectivity index (χ4n) is 2.62. The molecule has 0 aliphatic carbocycles. The number of benzene rings is 2. The van der Waals surface area contributed by atoms with Crippen LogP contribution < -0.4 is 5.32 Å². The van der Waals surface area contributed by atoms with Gasteiger partial charge in [0.25, 0.3) is 0 Å². The number of urea groups is 1. The molecular formula is C19H24N2O. The van der Waals surface area contributed by atoms with Crippen LogP contribution in [0.15, 0.2) is 60.7 Å². The molecule has 3 nitrogen and oxygen atoms in total. The third kappa shape index (κ3) is 4.10. The Kier molecular flexibility index (Phi) is 6.01. The molecule has 1 heterocycles. The van der Waals surface area contributed by atoms with Crippen molar-refractivity contribution < 1.29 is 4.79 Å². The lowest BCUT2D eigenvalue weighted by Crippen LogP contribution is -2.49. The second kappa shape index (κ2) is 8.23. The van der Waals surface area contributed by atoms with Crippen molar-refractivity contribution >= 4 is 6.03 Å². The summed E-state index contributed by atoms with van der Waals surface area (Å²) in [4.78, 5) is 13.9. The van der Waals surface area contributed by atoms with Crippen LogP contribution in [0.25, 0.3) is 0 Å². The van der Waals surface area contributed by atoms with Crippen LogP contribution in [-0.4, -0.2) is 24.0 Å². The predicted octanol–water partition coefficient (Wildman–Crippen LogP) is 4.02. The molecule has 0 spiro atoms. The summed E-state index contributed by atoms with van der Waals surface area (Å²) in [5, 5.41) is 2.99. The van der Waals surface area contributed by atoms with Crippen molar-refractivity contribution in [1.82, 2.24) is 10.2 Å². The van der Waals surface area contributed by atoms with Crippen LogP contribution in [0.3, 0.4) is 0 Å². The van der Waals surface area contributed by atoms with Gasteiger partial charge in [-0.2, -0.15) is 0 Å². The second-order valence-electron chi connectivity index (χ2n) is 5.16. The smallest absolute Gasteiger partial charge is 0.317 e. The van der Waals surface area contributed by atoms with Gasteiger partial charge in [0, 0.05) is 25.6 Å². The van der Waals surface area contributed by atoms with Crippen molar-refractivity contribution in [3.8, 4) is 0 Å². The van der Waals surface area contributed by atoms with Crippen molar-refractivity contribution in [3.63, 3.8) is 0 Å². The molecule has 2 aromatic carbocycles. The zero-order valence-corrected chi connectivity index (χ0v) is 13.3. The Balaban J connectivity index is 0.000000847. The summed E-state index contributed by atoms with van der Waals surface area (Å²) in [6, 6.07) is 20.5. The molecule has 1 aliphatic heterocycles. The number of nitrogens with zero attached hydrogens (tertiary/aromatic N) is 1. The maximum absolute atomic E-state index is 12.0. The number of nitrogens with one attached hydrogen (secondary N) is 1. The number of hydrogen-bond acceptors (Lipinski definition) is 1. The van der Waals surface area contributed by atoms with E-state index in [1.165, 1.54) is 5.56 Å². The highest BCUT2D eigenvalue weighted by Gasteiger charge is 2.25. The van der Waals surface area contributed by atoms with Crippen LogP contribution >= 0.6 is 0 Å². The first kappa shape index (κ1) is 16.1. The van der Waals surface area contributed by atoms with E-state index in [1.54, 1.807) is 0 Å². The minimum atomic E-state index is 0.0287. The van der Waals surface area contributed by atoms with Gasteiger partial charge in [0.05, 0.1) is 0 Å². The van der Waals surface area contributed by atoms with E-state index in [0.29, 0.717) is 19.0 Å². The van der Waals surface area contributed by atoms with E-state index in [-0.39, 0.29) is 6.03 Å². The molecule has 1 atom stereocenters. The Bertz CT molecular complexity index is 569. The average Bonchev–Trinajstić information content (AvgIpc) is 2.60. The summed E-state index contributed by atoms with van der Waals surface area (Å²) < 4.78 is 0. The first-order chi connectivity index (χ1) is 10.8. The first-order valence-corrected chi connectivity index (χ1v) is 7.94. The summed E-state index contributed by atoms with van der Waals surface area (Å²) >= 11 is 0. The van der Waals surface area contributed by atoms with Gasteiger partial charge >= 0.3 is 6.03 Å². The summed E-state index contributed by atoms with van der Waals surface area (Å²) in [6.07, 6.45) is 0. The van der Waals surface area contributed by atoms with Crippen molar-refractivity contribution in [1.29, 1.82) is 0 Å². The Morgan fingerprint density at radius 1 is 1.00 bits per heavy atom. The monoisotopic (exact) mass is 296 g/mol. The highest BCUT2D eigenvalue weighted by Crippen LogP contribution is 2.20. The lowest BCUT2D eigenvalue weighted by molar-refractivity contribution is 0.176. The number of amides is 2. The summed E-state index contributed by atoms with van der Waals surface area (Å²) in [5.41, 5.74) is 2.45. The van der Waals surface area contributed by atoms with E-state index >= 15 is 0 Å². The molecule has 3 heteroatoms. The van der Waals surface area contributed by atoms with Crippen molar-refractivity contribution in [2.75, 3.05) is 13.1 Å². The van der Waals surface area contributed by atoms with Gasteiger partial charge in [-0.05, 0) is 11.1 Å². The van der Waals surface area contributed by atoms with Crippen LogP contribution in [0.5, 0.6) is 0 Å². The van der Waals surface area contributed by atoms with Crippen LogP contribution in [-0.2, 0) is 6.54 Å². The van der Waals surface area contributed by atoms with Crippen molar-refractivity contribution in [2.45, 2.75) is 26.3 Å². The standard InChI is InChI=1S/C17H18N2O.C2H6/c20-17-18-11-16(15-9-5-2-6-10-15)13-19(17)12-14-7-3-1-4-8-14;1-2/h1-10,16H,11-13H2,(H,18,20);1-2H3. The van der Waals surface area contributed by atoms with Crippen molar-refractivity contribution in [3.05, 3.63) is 71.8 Å². The summed E-state index contributed by atoms with van der Waals surface area (Å²) in [7, 11) is 0. The Morgan fingerprint density at radius 3 is 2.23 bits per heavy atom. The zero-order valence-electron chi connectivity index (χ0n) is 13.3. The second-order valence-corrected chi connectivity index (χ2v) is 5.16. The highest BCUT2D eigenvalue weighted by atomic mass is 16.2. The van der Waals surface area contributed by atoms with E-state index in [1.807, 2.05) is 55.1 Å². The van der Waals surface area contributed by atoms with E-state index in [9.17, 15) is 4.79 Å². The molecule has 1 unspecified atom stereocenters. The Hall–Kier alpha value is -2.29. The molecule has 3 rings (SSSR count). The van der Waals surface area contributed by atoms with E-state index in [0.717, 1.165) is 12.1 Å². The molecule has 2 amide bonds. The lowest BCUT2D eigenvalue weighted by Gasteiger charge is -2.33. The van der Waals surface area contributed by atoms with Crippen LogP contribution in [0.1, 0.15) is 30.9 Å². The third-order valence-corrected chi connectivity index (χ3v) is 3.71. The molecule has 1 fully saturated rings. The molecule has 1 N–H and O–H groups in total. The van der Waals surface area contributed by atoms with E-state index in [4.69, 9.17) is 0 Å². The van der Waals surface area contributed by atoms with Crippen LogP contribution in [0.4, 0.5) is 4.79 Å². The number of carbonyl (C=O) groups excluding carboxylic acids is 1. The number of rotatable bonds is 3. The minimum Gasteiger partial charge on any atom is -0.337 e. The predicted molar refractivity (Wildman–Crippen MR) is 90.8 cm³/mol. The van der Waals surface area contributed by atoms with Crippen LogP contribution in [0.2, 0.25) is 0 Å². The molecule has 0 bridgehead atoms. The van der Waals surface area contributed by atoms with Gasteiger partial charge in [0.2, 0.25) is 0 Å². The molecule has 0 radical (unpaired) electrons. The average molecular weight is 296 g/mol. The topological polar surface area (TPSA) is 32.3 Å². The molecular weight excluding hydrogens is 272 g/mol. The van der Waals surface area contributed by atoms with Gasteiger partial charge in [0.1, 0.15) is 0 Å². The SMILES string of the molecule is CC.O=C1NCC(c2ccccc2)CN1Cc1ccccc1. The van der Waals surface area contributed by atoms with Gasteiger partial charge < -0.3 is 10.2 Å². The number of carbonyl (C=O) groups is 1. The van der Waals surface area contributed by atoms with E-state index < -0.39 is 0 Å². The normalized spacial score (nSPS) is 17.3. The molecule has 0 aromatic heterocycles. The molecule has 0 saturated carbocycles. The maximum atomic E-state index is 12.0. The maximum Gasteiger partial charge on any atom is 0.317 e. The molecule has 116 valence electrons. The first-order valence-electron chi connectivity index (χ1n) is 7.94. The summed E-state index contributed by atoms with van der Waals surface area (Å²) in [6.45, 7) is 6.15. The van der Waals surface area contributed by atoms with Gasteiger partial charge in [-0.25, -0.2) is 4.79 Å². The minimum absolute atomic E-state index is 0.0287. The van der Waals surface area contributed by atoms with E-state index in [2.05, 4.69) is 29.6 Å². The van der Waals surface area contributed by atoms with Gasteiger partial charge in [-0.1, -0.05) is 74.5 Å². The quantitative estimate of drug-likeness (QED) is 0.911. The number of hydrogen-bond donors (Lipinski definition) is 1. The fourth-order valence-corrected chi connectivity index (χ4v) is 2.62. The zero-order chi connectivity index (χ0) is 15.8. The van der Waals surface area contributed by atoms with Gasteiger partial charge in [-0.15, -0.1) is 0 Å². The highest BCUT2D eigenvalue weighted by molar-refractivity contribution is 5.75.